The first kappa shape index (κ1) is 17.3. The average Bonchev–Trinajstić information content (AvgIpc) is 3.06. The average molecular weight is 311 g/mol. The fraction of sp³-hybridized carbons (Fsp3) is 0.867. The number of methoxy groups -OCH3 is 1. The molecular formula is C15H29N5O2. The van der Waals surface area contributed by atoms with Gasteiger partial charge >= 0.3 is 0 Å². The second kappa shape index (κ2) is 8.01. The minimum absolute atomic E-state index is 0.399. The minimum Gasteiger partial charge on any atom is -0.389 e. The van der Waals surface area contributed by atoms with Crippen LogP contribution in [0.4, 0.5) is 0 Å². The maximum Gasteiger partial charge on any atom is 0.147 e. The van der Waals surface area contributed by atoms with Gasteiger partial charge in [0, 0.05) is 32.8 Å². The minimum atomic E-state index is -0.403. The molecule has 0 bridgehead atoms. The number of likely N-dealkylation sites (tertiary alicyclic amines) is 1. The Bertz CT molecular complexity index is 465. The van der Waals surface area contributed by atoms with E-state index >= 15 is 0 Å². The monoisotopic (exact) mass is 311 g/mol. The van der Waals surface area contributed by atoms with Crippen molar-refractivity contribution >= 4 is 0 Å². The van der Waals surface area contributed by atoms with Crippen LogP contribution in [0.25, 0.3) is 0 Å². The summed E-state index contributed by atoms with van der Waals surface area (Å²) in [6, 6.07) is 0.497. The summed E-state index contributed by atoms with van der Waals surface area (Å²) in [7, 11) is 3.76. The van der Waals surface area contributed by atoms with Crippen molar-refractivity contribution in [1.82, 2.24) is 24.6 Å². The molecule has 0 aromatic carbocycles. The van der Waals surface area contributed by atoms with Crippen molar-refractivity contribution in [3.8, 4) is 0 Å². The number of nitrogens with zero attached hydrogens (tertiary/aromatic N) is 5. The number of aryl methyl sites for hydroxylation is 1. The van der Waals surface area contributed by atoms with E-state index in [-0.39, 0.29) is 0 Å². The van der Waals surface area contributed by atoms with E-state index in [2.05, 4.69) is 38.5 Å². The van der Waals surface area contributed by atoms with Crippen LogP contribution in [-0.4, -0.2) is 82.2 Å². The van der Waals surface area contributed by atoms with Crippen LogP contribution in [0.3, 0.4) is 0 Å². The van der Waals surface area contributed by atoms with Crippen molar-refractivity contribution < 1.29 is 9.84 Å². The summed E-state index contributed by atoms with van der Waals surface area (Å²) in [5, 5.41) is 18.3. The Morgan fingerprint density at radius 1 is 1.45 bits per heavy atom. The highest BCUT2D eigenvalue weighted by molar-refractivity contribution is 4.95. The van der Waals surface area contributed by atoms with E-state index in [4.69, 9.17) is 4.74 Å². The van der Waals surface area contributed by atoms with Crippen LogP contribution in [0.15, 0.2) is 0 Å². The van der Waals surface area contributed by atoms with Crippen molar-refractivity contribution in [2.24, 2.45) is 0 Å². The van der Waals surface area contributed by atoms with Gasteiger partial charge in [-0.05, 0) is 33.9 Å². The Labute approximate surface area is 132 Å². The molecule has 2 atom stereocenters. The molecule has 7 nitrogen and oxygen atoms in total. The predicted molar refractivity (Wildman–Crippen MR) is 84.6 cm³/mol. The van der Waals surface area contributed by atoms with E-state index < -0.39 is 6.10 Å². The largest absolute Gasteiger partial charge is 0.389 e. The van der Waals surface area contributed by atoms with Crippen molar-refractivity contribution in [3.63, 3.8) is 0 Å². The second-order valence-electron chi connectivity index (χ2n) is 6.13. The Kier molecular flexibility index (Phi) is 6.31. The van der Waals surface area contributed by atoms with Crippen LogP contribution in [0.2, 0.25) is 0 Å². The van der Waals surface area contributed by atoms with Gasteiger partial charge in [-0.15, -0.1) is 10.2 Å². The molecule has 0 amide bonds. The van der Waals surface area contributed by atoms with Crippen molar-refractivity contribution in [2.45, 2.75) is 45.5 Å². The van der Waals surface area contributed by atoms with Gasteiger partial charge < -0.3 is 14.4 Å². The second-order valence-corrected chi connectivity index (χ2v) is 6.13. The fourth-order valence-corrected chi connectivity index (χ4v) is 3.19. The number of ether oxygens (including phenoxy) is 1. The number of rotatable bonds is 8. The lowest BCUT2D eigenvalue weighted by Crippen LogP contribution is -2.38. The molecule has 2 unspecified atom stereocenters. The first-order valence-corrected chi connectivity index (χ1v) is 8.03. The van der Waals surface area contributed by atoms with Crippen LogP contribution in [0.1, 0.15) is 25.0 Å². The molecule has 1 aliphatic heterocycles. The summed E-state index contributed by atoms with van der Waals surface area (Å²) in [6.07, 6.45) is 0.718. The van der Waals surface area contributed by atoms with Gasteiger partial charge in [-0.1, -0.05) is 0 Å². The topological polar surface area (TPSA) is 66.7 Å². The number of β-amino-alcohol motifs (C(OH)–C–C–N with tert-alkyl or cyclic N) is 1. The number of aliphatic hydroxyl groups is 1. The summed E-state index contributed by atoms with van der Waals surface area (Å²) in [4.78, 5) is 4.65. The lowest BCUT2D eigenvalue weighted by Gasteiger charge is -2.25. The quantitative estimate of drug-likeness (QED) is 0.735. The third kappa shape index (κ3) is 4.25. The molecule has 2 heterocycles. The highest BCUT2D eigenvalue weighted by Gasteiger charge is 2.27. The summed E-state index contributed by atoms with van der Waals surface area (Å²) in [5.41, 5.74) is 0. The molecule has 7 heteroatoms. The van der Waals surface area contributed by atoms with Gasteiger partial charge in [0.05, 0.1) is 19.3 Å². The van der Waals surface area contributed by atoms with E-state index in [0.717, 1.165) is 44.2 Å². The molecule has 1 N–H and O–H groups in total. The van der Waals surface area contributed by atoms with Gasteiger partial charge in [-0.2, -0.15) is 0 Å². The van der Waals surface area contributed by atoms with E-state index in [1.807, 2.05) is 6.92 Å². The first-order chi connectivity index (χ1) is 10.5. The van der Waals surface area contributed by atoms with Crippen molar-refractivity contribution in [1.29, 1.82) is 0 Å². The molecule has 22 heavy (non-hydrogen) atoms. The van der Waals surface area contributed by atoms with Gasteiger partial charge in [-0.3, -0.25) is 9.80 Å². The van der Waals surface area contributed by atoms with E-state index in [1.165, 1.54) is 0 Å². The van der Waals surface area contributed by atoms with Gasteiger partial charge in [0.2, 0.25) is 0 Å². The normalized spacial score (nSPS) is 20.9. The van der Waals surface area contributed by atoms with Gasteiger partial charge in [0.1, 0.15) is 11.6 Å². The summed E-state index contributed by atoms with van der Waals surface area (Å²) in [5.74, 6) is 2.00. The summed E-state index contributed by atoms with van der Waals surface area (Å²) in [6.45, 7) is 8.92. The summed E-state index contributed by atoms with van der Waals surface area (Å²) < 4.78 is 7.15. The Balaban J connectivity index is 1.85. The molecular weight excluding hydrogens is 282 g/mol. The maximum atomic E-state index is 9.84. The van der Waals surface area contributed by atoms with E-state index in [0.29, 0.717) is 19.2 Å². The molecule has 1 aromatic rings. The molecule has 1 fully saturated rings. The predicted octanol–water partition coefficient (Wildman–Crippen LogP) is 0.120. The summed E-state index contributed by atoms with van der Waals surface area (Å²) >= 11 is 0. The zero-order valence-corrected chi connectivity index (χ0v) is 14.2. The standard InChI is InChI=1S/C15H29N5O2/c1-5-20-12(2)16-17-15(20)10-18(3)13-6-7-19(8-13)9-14(21)11-22-4/h13-14,21H,5-11H2,1-4H3. The van der Waals surface area contributed by atoms with Crippen LogP contribution in [0.5, 0.6) is 0 Å². The molecule has 1 aromatic heterocycles. The molecule has 126 valence electrons. The molecule has 1 saturated heterocycles. The highest BCUT2D eigenvalue weighted by atomic mass is 16.5. The smallest absolute Gasteiger partial charge is 0.147 e. The highest BCUT2D eigenvalue weighted by Crippen LogP contribution is 2.17. The first-order valence-electron chi connectivity index (χ1n) is 8.03. The number of aliphatic hydroxyl groups excluding tert-OH is 1. The van der Waals surface area contributed by atoms with Gasteiger partial charge in [-0.25, -0.2) is 0 Å². The SMILES string of the molecule is CCn1c(C)nnc1CN(C)C1CCN(CC(O)COC)C1. The molecule has 0 spiro atoms. The van der Waals surface area contributed by atoms with Crippen molar-refractivity contribution in [2.75, 3.05) is 40.4 Å². The lowest BCUT2D eigenvalue weighted by molar-refractivity contribution is 0.0413. The maximum absolute atomic E-state index is 9.84. The number of hydrogen-bond donors (Lipinski definition) is 1. The van der Waals surface area contributed by atoms with Crippen molar-refractivity contribution in [3.05, 3.63) is 11.6 Å². The van der Waals surface area contributed by atoms with E-state index in [1.54, 1.807) is 7.11 Å². The lowest BCUT2D eigenvalue weighted by atomic mass is 10.2. The zero-order valence-electron chi connectivity index (χ0n) is 14.2. The molecule has 0 radical (unpaired) electrons. The van der Waals surface area contributed by atoms with Crippen LogP contribution in [0, 0.1) is 6.92 Å². The molecule has 0 saturated carbocycles. The number of likely N-dealkylation sites (N-methyl/N-ethyl adjacent to an activating group) is 1. The zero-order chi connectivity index (χ0) is 16.1. The molecule has 0 aliphatic carbocycles. The number of aromatic nitrogens is 3. The van der Waals surface area contributed by atoms with Crippen LogP contribution < -0.4 is 0 Å². The van der Waals surface area contributed by atoms with Crippen LogP contribution in [-0.2, 0) is 17.8 Å². The fourth-order valence-electron chi connectivity index (χ4n) is 3.19. The van der Waals surface area contributed by atoms with Gasteiger partial charge in [0.15, 0.2) is 0 Å². The third-order valence-electron chi connectivity index (χ3n) is 4.42. The van der Waals surface area contributed by atoms with E-state index in [9.17, 15) is 5.11 Å². The third-order valence-corrected chi connectivity index (χ3v) is 4.42. The molecule has 2 rings (SSSR count). The van der Waals surface area contributed by atoms with Gasteiger partial charge in [0.25, 0.3) is 0 Å². The Morgan fingerprint density at radius 2 is 2.23 bits per heavy atom. The number of hydrogen-bond acceptors (Lipinski definition) is 6. The Hall–Kier alpha value is -1.02. The van der Waals surface area contributed by atoms with Crippen LogP contribution >= 0.6 is 0 Å². The Morgan fingerprint density at radius 3 is 2.91 bits per heavy atom. The molecule has 1 aliphatic rings.